The van der Waals surface area contributed by atoms with Crippen molar-refractivity contribution in [2.45, 2.75) is 52.7 Å². The minimum Gasteiger partial charge on any atom is -0.374 e. The monoisotopic (exact) mass is 510 g/mol. The highest BCUT2D eigenvalue weighted by atomic mass is 16.3. The van der Waals surface area contributed by atoms with Gasteiger partial charge in [-0.25, -0.2) is 9.97 Å². The van der Waals surface area contributed by atoms with Gasteiger partial charge in [-0.05, 0) is 55.4 Å². The smallest absolute Gasteiger partial charge is 0.181 e. The van der Waals surface area contributed by atoms with Gasteiger partial charge in [0.25, 0.3) is 0 Å². The molecule has 6 rings (SSSR count). The molecule has 9 heteroatoms. The zero-order valence-electron chi connectivity index (χ0n) is 22.1. The number of aromatic nitrogens is 6. The summed E-state index contributed by atoms with van der Waals surface area (Å²) < 4.78 is 0. The van der Waals surface area contributed by atoms with Gasteiger partial charge in [0.1, 0.15) is 17.4 Å². The quantitative estimate of drug-likeness (QED) is 0.216. The van der Waals surface area contributed by atoms with Crippen molar-refractivity contribution in [3.63, 3.8) is 0 Å². The number of piperidine rings is 1. The number of nitrogens with one attached hydrogen (secondary N) is 3. The number of fused-ring (bicyclic) bond motifs is 2. The molecule has 38 heavy (non-hydrogen) atoms. The van der Waals surface area contributed by atoms with Gasteiger partial charge in [-0.1, -0.05) is 26.8 Å². The third-order valence-corrected chi connectivity index (χ3v) is 7.05. The second kappa shape index (κ2) is 9.72. The second-order valence-electron chi connectivity index (χ2n) is 11.4. The van der Waals surface area contributed by atoms with E-state index in [1.165, 1.54) is 24.9 Å². The Morgan fingerprint density at radius 3 is 2.68 bits per heavy atom. The predicted octanol–water partition coefficient (Wildman–Crippen LogP) is 5.72. The molecule has 0 bridgehead atoms. The summed E-state index contributed by atoms with van der Waals surface area (Å²) in [6.45, 7) is 8.44. The van der Waals surface area contributed by atoms with Crippen molar-refractivity contribution in [3.8, 4) is 22.6 Å². The summed E-state index contributed by atoms with van der Waals surface area (Å²) in [6.07, 6.45) is 9.01. The molecule has 4 N–H and O–H groups in total. The fourth-order valence-electron chi connectivity index (χ4n) is 5.26. The van der Waals surface area contributed by atoms with Gasteiger partial charge >= 0.3 is 0 Å². The van der Waals surface area contributed by atoms with Crippen LogP contribution in [0.1, 0.15) is 46.5 Å². The lowest BCUT2D eigenvalue weighted by atomic mass is 9.91. The maximum Gasteiger partial charge on any atom is 0.181 e. The highest BCUT2D eigenvalue weighted by Gasteiger charge is 2.20. The molecule has 0 radical (unpaired) electrons. The van der Waals surface area contributed by atoms with E-state index in [1.807, 2.05) is 6.07 Å². The second-order valence-corrected chi connectivity index (χ2v) is 11.4. The number of H-pyrrole nitrogens is 2. The normalized spacial score (nSPS) is 15.3. The Morgan fingerprint density at radius 2 is 1.87 bits per heavy atom. The molecule has 0 amide bonds. The van der Waals surface area contributed by atoms with Gasteiger partial charge < -0.3 is 20.3 Å². The number of imidazole rings is 1. The molecule has 1 unspecified atom stereocenters. The molecule has 1 fully saturated rings. The number of hydrogen-bond acceptors (Lipinski definition) is 7. The van der Waals surface area contributed by atoms with E-state index in [9.17, 15) is 5.11 Å². The van der Waals surface area contributed by atoms with Crippen molar-refractivity contribution in [2.75, 3.05) is 23.3 Å². The van der Waals surface area contributed by atoms with Gasteiger partial charge in [0.15, 0.2) is 11.5 Å². The van der Waals surface area contributed by atoms with Crippen LogP contribution in [0.5, 0.6) is 0 Å². The van der Waals surface area contributed by atoms with Crippen molar-refractivity contribution in [2.24, 2.45) is 5.41 Å². The first-order valence-corrected chi connectivity index (χ1v) is 13.3. The number of aromatic amines is 2. The number of benzene rings is 1. The molecule has 1 aliphatic heterocycles. The number of hydrogen-bond donors (Lipinski definition) is 4. The lowest BCUT2D eigenvalue weighted by Crippen LogP contribution is -2.29. The molecule has 0 saturated carbocycles. The van der Waals surface area contributed by atoms with E-state index >= 15 is 0 Å². The van der Waals surface area contributed by atoms with E-state index in [4.69, 9.17) is 4.98 Å². The number of pyridine rings is 2. The highest BCUT2D eigenvalue weighted by Crippen LogP contribution is 2.33. The maximum absolute atomic E-state index is 10.5. The Labute approximate surface area is 221 Å². The van der Waals surface area contributed by atoms with Gasteiger partial charge in [0.05, 0.1) is 28.5 Å². The predicted molar refractivity (Wildman–Crippen MR) is 152 cm³/mol. The summed E-state index contributed by atoms with van der Waals surface area (Å²) in [4.78, 5) is 19.9. The van der Waals surface area contributed by atoms with Gasteiger partial charge in [-0.2, -0.15) is 5.10 Å². The average Bonchev–Trinajstić information content (AvgIpc) is 3.51. The summed E-state index contributed by atoms with van der Waals surface area (Å²) in [7, 11) is 0. The van der Waals surface area contributed by atoms with Gasteiger partial charge in [0, 0.05) is 36.6 Å². The molecule has 4 aromatic heterocycles. The summed E-state index contributed by atoms with van der Waals surface area (Å²) in [5.74, 6) is 0.741. The lowest BCUT2D eigenvalue weighted by Gasteiger charge is -2.28. The van der Waals surface area contributed by atoms with E-state index in [-0.39, 0.29) is 5.41 Å². The third kappa shape index (κ3) is 4.93. The van der Waals surface area contributed by atoms with Crippen LogP contribution in [-0.2, 0) is 0 Å². The van der Waals surface area contributed by atoms with E-state index in [1.54, 1.807) is 18.6 Å². The molecular formula is C29H34N8O. The molecule has 5 heterocycles. The Hall–Kier alpha value is -3.98. The summed E-state index contributed by atoms with van der Waals surface area (Å²) >= 11 is 0. The Balaban J connectivity index is 1.33. The minimum atomic E-state index is -0.656. The first-order chi connectivity index (χ1) is 18.3. The van der Waals surface area contributed by atoms with Crippen molar-refractivity contribution in [1.82, 2.24) is 30.1 Å². The van der Waals surface area contributed by atoms with E-state index in [0.717, 1.165) is 57.8 Å². The van der Waals surface area contributed by atoms with Crippen LogP contribution < -0.4 is 10.2 Å². The van der Waals surface area contributed by atoms with Crippen molar-refractivity contribution in [3.05, 3.63) is 48.9 Å². The third-order valence-electron chi connectivity index (χ3n) is 7.05. The molecule has 1 aliphatic rings. The molecule has 1 aromatic carbocycles. The topological polar surface area (TPSA) is 119 Å². The molecule has 196 valence electrons. The Morgan fingerprint density at radius 1 is 1.05 bits per heavy atom. The largest absolute Gasteiger partial charge is 0.374 e. The summed E-state index contributed by atoms with van der Waals surface area (Å²) in [5.41, 5.74) is 7.17. The van der Waals surface area contributed by atoms with E-state index < -0.39 is 6.23 Å². The van der Waals surface area contributed by atoms with Crippen molar-refractivity contribution in [1.29, 1.82) is 0 Å². The maximum atomic E-state index is 10.5. The molecular weight excluding hydrogens is 476 g/mol. The van der Waals surface area contributed by atoms with Crippen LogP contribution in [-0.4, -0.2) is 54.6 Å². The zero-order chi connectivity index (χ0) is 26.3. The van der Waals surface area contributed by atoms with Crippen LogP contribution in [0.3, 0.4) is 0 Å². The van der Waals surface area contributed by atoms with Crippen molar-refractivity contribution < 1.29 is 5.11 Å². The van der Waals surface area contributed by atoms with E-state index in [2.05, 4.69) is 80.4 Å². The van der Waals surface area contributed by atoms with Gasteiger partial charge in [0.2, 0.25) is 0 Å². The average molecular weight is 511 g/mol. The summed E-state index contributed by atoms with van der Waals surface area (Å²) in [5, 5.41) is 22.1. The number of para-hydroxylation sites is 1. The standard InChI is InChI=1S/C29H34N8O/c1-29(2,3)14-24(38)32-20-12-18(15-30-17-20)19-13-21-25(35-36-27(21)31-16-19)28-33-22-8-7-9-23(26(22)34-28)37-10-5-4-6-11-37/h7-9,12-13,15-17,24,32,38H,4-6,10-11,14H2,1-3H3,(H,33,34)(H,31,35,36). The number of aliphatic hydroxyl groups excluding tert-OH is 1. The van der Waals surface area contributed by atoms with E-state index in [0.29, 0.717) is 12.1 Å². The van der Waals surface area contributed by atoms with Crippen molar-refractivity contribution >= 4 is 33.4 Å². The van der Waals surface area contributed by atoms with Crippen LogP contribution in [0.15, 0.2) is 48.9 Å². The zero-order valence-corrected chi connectivity index (χ0v) is 22.1. The number of nitrogens with zero attached hydrogens (tertiary/aromatic N) is 5. The molecule has 9 nitrogen and oxygen atoms in total. The molecule has 0 spiro atoms. The first kappa shape index (κ1) is 24.4. The van der Waals surface area contributed by atoms with Crippen LogP contribution in [0.4, 0.5) is 11.4 Å². The molecule has 1 atom stereocenters. The van der Waals surface area contributed by atoms with Crippen LogP contribution in [0, 0.1) is 5.41 Å². The van der Waals surface area contributed by atoms with Crippen LogP contribution in [0.2, 0.25) is 0 Å². The summed E-state index contributed by atoms with van der Waals surface area (Å²) in [6, 6.07) is 10.4. The Bertz CT molecular complexity index is 1570. The highest BCUT2D eigenvalue weighted by molar-refractivity contribution is 5.96. The number of anilines is 2. The van der Waals surface area contributed by atoms with Gasteiger partial charge in [-0.3, -0.25) is 10.1 Å². The first-order valence-electron chi connectivity index (χ1n) is 13.3. The Kier molecular flexibility index (Phi) is 6.23. The lowest BCUT2D eigenvalue weighted by molar-refractivity contribution is 0.145. The molecule has 0 aliphatic carbocycles. The SMILES string of the molecule is CC(C)(C)CC(O)Nc1cncc(-c2cnc3n[nH]c(-c4nc5c(N6CCCCC6)cccc5[nH]4)c3c2)c1. The van der Waals surface area contributed by atoms with Crippen LogP contribution >= 0.6 is 0 Å². The van der Waals surface area contributed by atoms with Gasteiger partial charge in [-0.15, -0.1) is 0 Å². The number of aliphatic hydroxyl groups is 1. The fourth-order valence-corrected chi connectivity index (χ4v) is 5.26. The number of rotatable bonds is 6. The minimum absolute atomic E-state index is 0.00922. The molecule has 5 aromatic rings. The fraction of sp³-hybridized carbons (Fsp3) is 0.379. The van der Waals surface area contributed by atoms with Crippen LogP contribution in [0.25, 0.3) is 44.7 Å². The molecule has 1 saturated heterocycles.